The lowest BCUT2D eigenvalue weighted by atomic mass is 10.1. The van der Waals surface area contributed by atoms with Crippen LogP contribution in [0.5, 0.6) is 0 Å². The average Bonchev–Trinajstić information content (AvgIpc) is 3.26. The molecule has 1 atom stereocenters. The molecule has 0 saturated carbocycles. The van der Waals surface area contributed by atoms with Gasteiger partial charge in [0.15, 0.2) is 18.3 Å². The number of aryl methyl sites for hydroxylation is 1. The number of nitrogens with zero attached hydrogens (tertiary/aromatic N) is 3. The molecule has 0 aliphatic heterocycles. The molecular weight excluding hydrogens is 386 g/mol. The van der Waals surface area contributed by atoms with Crippen LogP contribution in [0.15, 0.2) is 29.6 Å². The highest BCUT2D eigenvalue weighted by Gasteiger charge is 2.24. The van der Waals surface area contributed by atoms with Crippen LogP contribution in [0.25, 0.3) is 10.2 Å². The molecule has 0 bridgehead atoms. The van der Waals surface area contributed by atoms with Gasteiger partial charge in [0.1, 0.15) is 16.6 Å². The minimum atomic E-state index is -1.03. The van der Waals surface area contributed by atoms with E-state index in [4.69, 9.17) is 9.47 Å². The van der Waals surface area contributed by atoms with E-state index in [0.717, 1.165) is 20.9 Å². The molecule has 3 rings (SSSR count). The first kappa shape index (κ1) is 19.1. The van der Waals surface area contributed by atoms with Gasteiger partial charge in [-0.15, -0.1) is 22.7 Å². The standard InChI is InChI=1S/C18H15N3O4S2/c1-11-10-26-18(20-11)12(6-19)14(22)7-25-17(23)9-24-8-16-21-13-4-2-3-5-15(13)27-16/h2-5,10,12H,7-9H2,1H3/t12-/m0/s1. The number of rotatable bonds is 8. The summed E-state index contributed by atoms with van der Waals surface area (Å²) in [4.78, 5) is 32.4. The average molecular weight is 401 g/mol. The summed E-state index contributed by atoms with van der Waals surface area (Å²) < 4.78 is 11.3. The highest BCUT2D eigenvalue weighted by molar-refractivity contribution is 7.18. The zero-order valence-electron chi connectivity index (χ0n) is 14.4. The molecule has 0 radical (unpaired) electrons. The van der Waals surface area contributed by atoms with Gasteiger partial charge in [0, 0.05) is 11.1 Å². The number of Topliss-reactive ketones (excluding diaryl/α,β-unsaturated/α-hetero) is 1. The monoisotopic (exact) mass is 401 g/mol. The number of hydrogen-bond acceptors (Lipinski definition) is 9. The molecule has 0 spiro atoms. The lowest BCUT2D eigenvalue weighted by Crippen LogP contribution is -2.22. The van der Waals surface area contributed by atoms with Crippen LogP contribution in [0.4, 0.5) is 0 Å². The number of carbonyl (C=O) groups excluding carboxylic acids is 2. The number of hydrogen-bond donors (Lipinski definition) is 0. The molecule has 0 amide bonds. The molecule has 7 nitrogen and oxygen atoms in total. The van der Waals surface area contributed by atoms with Crippen molar-refractivity contribution in [3.05, 3.63) is 45.4 Å². The fourth-order valence-corrected chi connectivity index (χ4v) is 4.02. The predicted molar refractivity (Wildman–Crippen MR) is 100 cm³/mol. The second kappa shape index (κ2) is 8.81. The summed E-state index contributed by atoms with van der Waals surface area (Å²) in [6.07, 6.45) is 0. The van der Waals surface area contributed by atoms with E-state index in [-0.39, 0.29) is 13.2 Å². The lowest BCUT2D eigenvalue weighted by molar-refractivity contribution is -0.152. The minimum Gasteiger partial charge on any atom is -0.456 e. The van der Waals surface area contributed by atoms with Crippen molar-refractivity contribution in [1.82, 2.24) is 9.97 Å². The van der Waals surface area contributed by atoms with Gasteiger partial charge in [0.25, 0.3) is 0 Å². The minimum absolute atomic E-state index is 0.182. The molecule has 27 heavy (non-hydrogen) atoms. The summed E-state index contributed by atoms with van der Waals surface area (Å²) in [5, 5.41) is 12.1. The number of benzene rings is 1. The molecule has 0 N–H and O–H groups in total. The molecule has 0 fully saturated rings. The highest BCUT2D eigenvalue weighted by Crippen LogP contribution is 2.22. The van der Waals surface area contributed by atoms with Crippen molar-refractivity contribution >= 4 is 44.6 Å². The molecule has 0 saturated heterocycles. The Balaban J connectivity index is 1.43. The Bertz CT molecular complexity index is 972. The maximum Gasteiger partial charge on any atom is 0.332 e. The third-order valence-electron chi connectivity index (χ3n) is 3.49. The molecule has 0 aliphatic rings. The number of carbonyl (C=O) groups is 2. The highest BCUT2D eigenvalue weighted by atomic mass is 32.1. The maximum atomic E-state index is 12.1. The normalized spacial score (nSPS) is 11.9. The van der Waals surface area contributed by atoms with E-state index in [1.54, 1.807) is 12.3 Å². The first-order valence-electron chi connectivity index (χ1n) is 7.99. The molecule has 3 aromatic rings. The van der Waals surface area contributed by atoms with E-state index >= 15 is 0 Å². The van der Waals surface area contributed by atoms with E-state index in [9.17, 15) is 14.9 Å². The van der Waals surface area contributed by atoms with Crippen LogP contribution < -0.4 is 0 Å². The van der Waals surface area contributed by atoms with Crippen molar-refractivity contribution in [2.45, 2.75) is 19.4 Å². The van der Waals surface area contributed by atoms with Crippen LogP contribution in [0.1, 0.15) is 21.6 Å². The van der Waals surface area contributed by atoms with Crippen molar-refractivity contribution in [3.63, 3.8) is 0 Å². The topological polar surface area (TPSA) is 102 Å². The molecular formula is C18H15N3O4S2. The van der Waals surface area contributed by atoms with Crippen LogP contribution >= 0.6 is 22.7 Å². The Labute approximate surface area is 163 Å². The Hall–Kier alpha value is -2.67. The SMILES string of the molecule is Cc1csc([C@@H](C#N)C(=O)COC(=O)COCc2nc3ccccc3s2)n1. The van der Waals surface area contributed by atoms with Crippen molar-refractivity contribution in [1.29, 1.82) is 5.26 Å². The van der Waals surface area contributed by atoms with Crippen LogP contribution in [0.3, 0.4) is 0 Å². The van der Waals surface area contributed by atoms with Crippen molar-refractivity contribution in [2.75, 3.05) is 13.2 Å². The fraction of sp³-hybridized carbons (Fsp3) is 0.278. The summed E-state index contributed by atoms with van der Waals surface area (Å²) >= 11 is 2.72. The van der Waals surface area contributed by atoms with Gasteiger partial charge in [-0.1, -0.05) is 12.1 Å². The van der Waals surface area contributed by atoms with Crippen molar-refractivity contribution in [2.24, 2.45) is 0 Å². The number of para-hydroxylation sites is 1. The Morgan fingerprint density at radius 1 is 1.26 bits per heavy atom. The summed E-state index contributed by atoms with van der Waals surface area (Å²) in [5.74, 6) is -2.21. The Morgan fingerprint density at radius 2 is 2.07 bits per heavy atom. The quantitative estimate of drug-likeness (QED) is 0.535. The van der Waals surface area contributed by atoms with Crippen LogP contribution in [0.2, 0.25) is 0 Å². The van der Waals surface area contributed by atoms with Gasteiger partial charge in [-0.2, -0.15) is 5.26 Å². The molecule has 0 aliphatic carbocycles. The number of aromatic nitrogens is 2. The zero-order chi connectivity index (χ0) is 19.2. The van der Waals surface area contributed by atoms with Crippen molar-refractivity contribution < 1.29 is 19.1 Å². The zero-order valence-corrected chi connectivity index (χ0v) is 16.0. The Morgan fingerprint density at radius 3 is 2.78 bits per heavy atom. The van der Waals surface area contributed by atoms with Gasteiger partial charge in [0.05, 0.1) is 22.9 Å². The largest absolute Gasteiger partial charge is 0.456 e. The maximum absolute atomic E-state index is 12.1. The number of ketones is 1. The third kappa shape index (κ3) is 4.95. The van der Waals surface area contributed by atoms with E-state index in [1.807, 2.05) is 30.3 Å². The second-order valence-corrected chi connectivity index (χ2v) is 7.59. The summed E-state index contributed by atoms with van der Waals surface area (Å²) in [6, 6.07) is 9.61. The first-order valence-corrected chi connectivity index (χ1v) is 9.68. The molecule has 138 valence electrons. The number of thiazole rings is 2. The van der Waals surface area contributed by atoms with Gasteiger partial charge in [-0.3, -0.25) is 4.79 Å². The number of nitriles is 1. The molecule has 0 unspecified atom stereocenters. The second-order valence-electron chi connectivity index (χ2n) is 5.58. The number of fused-ring (bicyclic) bond motifs is 1. The van der Waals surface area contributed by atoms with Crippen LogP contribution in [-0.4, -0.2) is 34.9 Å². The lowest BCUT2D eigenvalue weighted by Gasteiger charge is -2.07. The predicted octanol–water partition coefficient (Wildman–Crippen LogP) is 3.00. The van der Waals surface area contributed by atoms with E-state index in [1.165, 1.54) is 22.7 Å². The van der Waals surface area contributed by atoms with E-state index < -0.39 is 24.3 Å². The number of ether oxygens (including phenoxy) is 2. The molecule has 2 heterocycles. The summed E-state index contributed by atoms with van der Waals surface area (Å²) in [7, 11) is 0. The smallest absolute Gasteiger partial charge is 0.332 e. The summed E-state index contributed by atoms with van der Waals surface area (Å²) in [5.41, 5.74) is 1.62. The van der Waals surface area contributed by atoms with Gasteiger partial charge in [0.2, 0.25) is 0 Å². The first-order chi connectivity index (χ1) is 13.1. The Kier molecular flexibility index (Phi) is 6.24. The van der Waals surface area contributed by atoms with Crippen LogP contribution in [0, 0.1) is 18.3 Å². The molecule has 1 aromatic carbocycles. The third-order valence-corrected chi connectivity index (χ3v) is 5.53. The van der Waals surface area contributed by atoms with Gasteiger partial charge in [-0.25, -0.2) is 14.8 Å². The summed E-state index contributed by atoms with van der Waals surface area (Å²) in [6.45, 7) is 1.18. The number of esters is 1. The molecule has 9 heteroatoms. The fourth-order valence-electron chi connectivity index (χ4n) is 2.25. The van der Waals surface area contributed by atoms with E-state index in [2.05, 4.69) is 9.97 Å². The van der Waals surface area contributed by atoms with Gasteiger partial charge >= 0.3 is 5.97 Å². The van der Waals surface area contributed by atoms with Gasteiger partial charge in [-0.05, 0) is 19.1 Å². The van der Waals surface area contributed by atoms with Crippen LogP contribution in [-0.2, 0) is 25.7 Å². The van der Waals surface area contributed by atoms with Crippen molar-refractivity contribution in [3.8, 4) is 6.07 Å². The van der Waals surface area contributed by atoms with E-state index in [0.29, 0.717) is 5.01 Å². The molecule has 2 aromatic heterocycles. The van der Waals surface area contributed by atoms with Gasteiger partial charge < -0.3 is 9.47 Å².